The molecule has 7 nitrogen and oxygen atoms in total. The Bertz CT molecular complexity index is 1380. The largest absolute Gasteiger partial charge is 0.454 e. The number of hydrogen-bond acceptors (Lipinski definition) is 5. The molecule has 7 rings (SSSR count). The van der Waals surface area contributed by atoms with Crippen LogP contribution in [0.15, 0.2) is 66.7 Å². The number of aryl methyl sites for hydroxylation is 2. The molecule has 1 aliphatic heterocycles. The van der Waals surface area contributed by atoms with Gasteiger partial charge in [0.15, 0.2) is 6.61 Å². The first-order valence-corrected chi connectivity index (χ1v) is 12.9. The van der Waals surface area contributed by atoms with Gasteiger partial charge >= 0.3 is 5.97 Å². The molecule has 7 heteroatoms. The Morgan fingerprint density at radius 1 is 0.816 bits per heavy atom. The van der Waals surface area contributed by atoms with Gasteiger partial charge in [0, 0.05) is 17.5 Å². The van der Waals surface area contributed by atoms with Crippen LogP contribution >= 0.6 is 0 Å². The number of nitrogens with one attached hydrogen (secondary N) is 1. The fourth-order valence-corrected chi connectivity index (χ4v) is 6.69. The highest BCUT2D eigenvalue weighted by atomic mass is 16.5. The van der Waals surface area contributed by atoms with Crippen LogP contribution in [0.5, 0.6) is 0 Å². The van der Waals surface area contributed by atoms with E-state index in [0.717, 1.165) is 38.3 Å². The van der Waals surface area contributed by atoms with E-state index < -0.39 is 36.4 Å². The number of anilines is 1. The molecule has 2 bridgehead atoms. The molecule has 0 unspecified atom stereocenters. The maximum Gasteiger partial charge on any atom is 0.329 e. The van der Waals surface area contributed by atoms with Gasteiger partial charge in [-0.05, 0) is 66.3 Å². The van der Waals surface area contributed by atoms with Crippen molar-refractivity contribution in [3.05, 3.63) is 100 Å². The number of rotatable bonds is 5. The number of amides is 3. The monoisotopic (exact) mass is 508 g/mol. The van der Waals surface area contributed by atoms with Crippen LogP contribution in [-0.2, 0) is 23.9 Å². The number of carbonyl (C=O) groups is 4. The number of hydrogen-bond donors (Lipinski definition) is 1. The molecule has 4 aliphatic rings. The molecule has 38 heavy (non-hydrogen) atoms. The van der Waals surface area contributed by atoms with E-state index in [9.17, 15) is 19.2 Å². The SMILES string of the molecule is Cc1cc(C)cc(NC(=O)COC(=O)[C@H](C)N2C(=O)[C@@H]3C4c5ccccc5C(c5ccccc54)[C@H]3C2=O)c1. The Balaban J connectivity index is 1.21. The minimum absolute atomic E-state index is 0.245. The Morgan fingerprint density at radius 2 is 1.26 bits per heavy atom. The van der Waals surface area contributed by atoms with Crippen LogP contribution < -0.4 is 5.32 Å². The van der Waals surface area contributed by atoms with Crippen molar-refractivity contribution >= 4 is 29.4 Å². The first-order valence-electron chi connectivity index (χ1n) is 12.9. The Hall–Kier alpha value is -4.26. The van der Waals surface area contributed by atoms with Gasteiger partial charge in [-0.3, -0.25) is 19.3 Å². The topological polar surface area (TPSA) is 92.8 Å². The van der Waals surface area contributed by atoms with Gasteiger partial charge in [-0.25, -0.2) is 4.79 Å². The molecule has 1 fully saturated rings. The summed E-state index contributed by atoms with van der Waals surface area (Å²) in [5, 5.41) is 2.72. The highest BCUT2D eigenvalue weighted by molar-refractivity contribution is 6.10. The number of imide groups is 1. The average molecular weight is 509 g/mol. The van der Waals surface area contributed by atoms with Crippen LogP contribution in [-0.4, -0.2) is 41.2 Å². The zero-order valence-corrected chi connectivity index (χ0v) is 21.4. The van der Waals surface area contributed by atoms with E-state index in [0.29, 0.717) is 5.69 Å². The van der Waals surface area contributed by atoms with Crippen molar-refractivity contribution < 1.29 is 23.9 Å². The summed E-state index contributed by atoms with van der Waals surface area (Å²) >= 11 is 0. The van der Waals surface area contributed by atoms with Gasteiger partial charge in [-0.15, -0.1) is 0 Å². The first-order chi connectivity index (χ1) is 18.3. The van der Waals surface area contributed by atoms with Crippen molar-refractivity contribution in [1.82, 2.24) is 4.90 Å². The average Bonchev–Trinajstić information content (AvgIpc) is 3.16. The molecule has 1 heterocycles. The van der Waals surface area contributed by atoms with Gasteiger partial charge in [0.2, 0.25) is 11.8 Å². The number of esters is 1. The van der Waals surface area contributed by atoms with Crippen molar-refractivity contribution in [1.29, 1.82) is 0 Å². The van der Waals surface area contributed by atoms with Crippen molar-refractivity contribution in [3.8, 4) is 0 Å². The second-order valence-corrected chi connectivity index (χ2v) is 10.5. The zero-order valence-electron chi connectivity index (χ0n) is 21.4. The molecule has 0 radical (unpaired) electrons. The maximum atomic E-state index is 13.8. The van der Waals surface area contributed by atoms with Gasteiger partial charge < -0.3 is 10.1 Å². The van der Waals surface area contributed by atoms with Crippen LogP contribution in [0.4, 0.5) is 5.69 Å². The summed E-state index contributed by atoms with van der Waals surface area (Å²) < 4.78 is 5.26. The smallest absolute Gasteiger partial charge is 0.329 e. The Kier molecular flexibility index (Phi) is 5.67. The number of carbonyl (C=O) groups excluding carboxylic acids is 4. The molecule has 0 spiro atoms. The predicted octanol–water partition coefficient (Wildman–Crippen LogP) is 4.07. The summed E-state index contributed by atoms with van der Waals surface area (Å²) in [4.78, 5) is 54.0. The van der Waals surface area contributed by atoms with Gasteiger partial charge in [0.05, 0.1) is 11.8 Å². The number of ether oxygens (including phenoxy) is 1. The number of nitrogens with zero attached hydrogens (tertiary/aromatic N) is 1. The van der Waals surface area contributed by atoms with Crippen LogP contribution in [0.3, 0.4) is 0 Å². The van der Waals surface area contributed by atoms with Gasteiger partial charge in [-0.2, -0.15) is 0 Å². The molecule has 0 aromatic heterocycles. The first kappa shape index (κ1) is 24.1. The van der Waals surface area contributed by atoms with E-state index in [1.165, 1.54) is 6.92 Å². The summed E-state index contributed by atoms with van der Waals surface area (Å²) in [6, 6.07) is 20.5. The summed E-state index contributed by atoms with van der Waals surface area (Å²) in [7, 11) is 0. The molecule has 1 N–H and O–H groups in total. The predicted molar refractivity (Wildman–Crippen MR) is 140 cm³/mol. The lowest BCUT2D eigenvalue weighted by Crippen LogP contribution is -2.45. The van der Waals surface area contributed by atoms with Crippen molar-refractivity contribution in [2.75, 3.05) is 11.9 Å². The summed E-state index contributed by atoms with van der Waals surface area (Å²) in [5.74, 6) is -3.63. The number of benzene rings is 3. The highest BCUT2D eigenvalue weighted by Crippen LogP contribution is 2.61. The molecule has 0 saturated carbocycles. The van der Waals surface area contributed by atoms with Gasteiger partial charge in [0.25, 0.3) is 5.91 Å². The second-order valence-electron chi connectivity index (χ2n) is 10.5. The Labute approximate surface area is 220 Å². The van der Waals surface area contributed by atoms with E-state index in [1.807, 2.05) is 80.6 Å². The van der Waals surface area contributed by atoms with E-state index >= 15 is 0 Å². The van der Waals surface area contributed by atoms with Gasteiger partial charge in [-0.1, -0.05) is 54.6 Å². The summed E-state index contributed by atoms with van der Waals surface area (Å²) in [6.07, 6.45) is 0. The van der Waals surface area contributed by atoms with E-state index in [1.54, 1.807) is 0 Å². The third kappa shape index (κ3) is 3.64. The fraction of sp³-hybridized carbons (Fsp3) is 0.290. The fourth-order valence-electron chi connectivity index (χ4n) is 6.69. The molecule has 3 amide bonds. The third-order valence-corrected chi connectivity index (χ3v) is 8.06. The van der Waals surface area contributed by atoms with Crippen LogP contribution in [0.25, 0.3) is 0 Å². The van der Waals surface area contributed by atoms with Crippen LogP contribution in [0.1, 0.15) is 52.1 Å². The molecule has 192 valence electrons. The number of likely N-dealkylation sites (tertiary alicyclic amines) is 1. The molecule has 3 aliphatic carbocycles. The molecule has 3 aromatic carbocycles. The molecule has 3 atom stereocenters. The van der Waals surface area contributed by atoms with Crippen molar-refractivity contribution in [2.24, 2.45) is 11.8 Å². The van der Waals surface area contributed by atoms with Crippen LogP contribution in [0.2, 0.25) is 0 Å². The van der Waals surface area contributed by atoms with Crippen molar-refractivity contribution in [3.63, 3.8) is 0 Å². The lowest BCUT2D eigenvalue weighted by atomic mass is 9.55. The van der Waals surface area contributed by atoms with Gasteiger partial charge in [0.1, 0.15) is 6.04 Å². The summed E-state index contributed by atoms with van der Waals surface area (Å²) in [5.41, 5.74) is 6.88. The minimum Gasteiger partial charge on any atom is -0.454 e. The molecular formula is C31H28N2O5. The minimum atomic E-state index is -1.14. The maximum absolute atomic E-state index is 13.8. The van der Waals surface area contributed by atoms with E-state index in [-0.39, 0.29) is 23.7 Å². The van der Waals surface area contributed by atoms with Crippen LogP contribution in [0, 0.1) is 25.7 Å². The normalized spacial score (nSPS) is 23.4. The quantitative estimate of drug-likeness (QED) is 0.414. The second kappa shape index (κ2) is 8.94. The molecular weight excluding hydrogens is 480 g/mol. The lowest BCUT2D eigenvalue weighted by Gasteiger charge is -2.45. The van der Waals surface area contributed by atoms with E-state index in [2.05, 4.69) is 5.32 Å². The zero-order chi connectivity index (χ0) is 26.7. The molecule has 1 saturated heterocycles. The highest BCUT2D eigenvalue weighted by Gasteiger charge is 2.62. The molecule has 3 aromatic rings. The van der Waals surface area contributed by atoms with E-state index in [4.69, 9.17) is 4.74 Å². The lowest BCUT2D eigenvalue weighted by molar-refractivity contribution is -0.159. The third-order valence-electron chi connectivity index (χ3n) is 8.06. The van der Waals surface area contributed by atoms with Crippen molar-refractivity contribution in [2.45, 2.75) is 38.6 Å². The standard InChI is InChI=1S/C31H28N2O5/c1-16-12-17(2)14-19(13-16)32-24(34)15-38-31(37)18(3)33-29(35)27-25-20-8-4-5-9-21(20)26(28(27)30(33)36)23-11-7-6-10-22(23)25/h4-14,18,25-28H,15H2,1-3H3,(H,32,34)/t18-,25?,26?,27+,28+/m0/s1. The Morgan fingerprint density at radius 3 is 1.71 bits per heavy atom. The summed E-state index contributed by atoms with van der Waals surface area (Å²) in [6.45, 7) is 4.82.